The standard InChI is InChI=1S/C20H17N3O2/c1-2-23-17-11-7-6-10-15(17)18(20(23)25)16(12-21)19(24)22-13-14-8-4-3-5-9-14/h3-11H,2,13H2,1H3,(H,22,24)/b18-16+. The predicted molar refractivity (Wildman–Crippen MR) is 95.3 cm³/mol. The van der Waals surface area contributed by atoms with E-state index in [9.17, 15) is 14.9 Å². The molecule has 2 aromatic rings. The molecule has 25 heavy (non-hydrogen) atoms. The van der Waals surface area contributed by atoms with E-state index in [1.807, 2.05) is 55.5 Å². The van der Waals surface area contributed by atoms with Crippen molar-refractivity contribution in [3.05, 3.63) is 71.3 Å². The van der Waals surface area contributed by atoms with Gasteiger partial charge in [-0.3, -0.25) is 9.59 Å². The molecule has 5 heteroatoms. The van der Waals surface area contributed by atoms with Crippen molar-refractivity contribution in [3.8, 4) is 6.07 Å². The molecule has 1 N–H and O–H groups in total. The van der Waals surface area contributed by atoms with E-state index in [1.165, 1.54) is 0 Å². The van der Waals surface area contributed by atoms with Gasteiger partial charge < -0.3 is 10.2 Å². The highest BCUT2D eigenvalue weighted by Crippen LogP contribution is 2.38. The Labute approximate surface area is 146 Å². The van der Waals surface area contributed by atoms with E-state index in [4.69, 9.17) is 0 Å². The molecule has 0 fully saturated rings. The van der Waals surface area contributed by atoms with Crippen LogP contribution in [0.3, 0.4) is 0 Å². The molecule has 1 aliphatic rings. The Morgan fingerprint density at radius 3 is 2.48 bits per heavy atom. The summed E-state index contributed by atoms with van der Waals surface area (Å²) >= 11 is 0. The largest absolute Gasteiger partial charge is 0.347 e. The van der Waals surface area contributed by atoms with Crippen LogP contribution in [0.2, 0.25) is 0 Å². The van der Waals surface area contributed by atoms with Crippen LogP contribution in [-0.2, 0) is 16.1 Å². The van der Waals surface area contributed by atoms with Gasteiger partial charge in [-0.2, -0.15) is 5.26 Å². The van der Waals surface area contributed by atoms with Gasteiger partial charge in [-0.15, -0.1) is 0 Å². The van der Waals surface area contributed by atoms with Crippen LogP contribution in [0.15, 0.2) is 60.2 Å². The monoisotopic (exact) mass is 331 g/mol. The van der Waals surface area contributed by atoms with Gasteiger partial charge in [-0.25, -0.2) is 0 Å². The summed E-state index contributed by atoms with van der Waals surface area (Å²) < 4.78 is 0. The first kappa shape index (κ1) is 16.5. The number of likely N-dealkylation sites (N-methyl/N-ethyl adjacent to an activating group) is 1. The van der Waals surface area contributed by atoms with Crippen LogP contribution in [-0.4, -0.2) is 18.4 Å². The lowest BCUT2D eigenvalue weighted by Crippen LogP contribution is -2.29. The summed E-state index contributed by atoms with van der Waals surface area (Å²) in [6.07, 6.45) is 0. The lowest BCUT2D eigenvalue weighted by Gasteiger charge is -2.13. The van der Waals surface area contributed by atoms with Crippen molar-refractivity contribution in [1.82, 2.24) is 5.32 Å². The number of nitrogens with zero attached hydrogens (tertiary/aromatic N) is 2. The first-order valence-corrected chi connectivity index (χ1v) is 8.05. The maximum atomic E-state index is 12.7. The van der Waals surface area contributed by atoms with Crippen molar-refractivity contribution in [1.29, 1.82) is 5.26 Å². The summed E-state index contributed by atoms with van der Waals surface area (Å²) in [5.74, 6) is -0.849. The predicted octanol–water partition coefficient (Wildman–Crippen LogP) is 2.65. The fourth-order valence-electron chi connectivity index (χ4n) is 2.92. The summed E-state index contributed by atoms with van der Waals surface area (Å²) in [6.45, 7) is 2.63. The number of hydrogen-bond acceptors (Lipinski definition) is 3. The number of anilines is 1. The van der Waals surface area contributed by atoms with Gasteiger partial charge in [0.2, 0.25) is 0 Å². The fraction of sp³-hybridized carbons (Fsp3) is 0.150. The fourth-order valence-corrected chi connectivity index (χ4v) is 2.92. The lowest BCUT2D eigenvalue weighted by atomic mass is 10.0. The van der Waals surface area contributed by atoms with Crippen molar-refractivity contribution in [2.45, 2.75) is 13.5 Å². The molecule has 0 unspecified atom stereocenters. The van der Waals surface area contributed by atoms with Crippen LogP contribution < -0.4 is 10.2 Å². The molecule has 0 bridgehead atoms. The van der Waals surface area contributed by atoms with E-state index in [2.05, 4.69) is 5.32 Å². The number of nitriles is 1. The van der Waals surface area contributed by atoms with Crippen LogP contribution in [0.1, 0.15) is 18.1 Å². The van der Waals surface area contributed by atoms with Crippen LogP contribution in [0.4, 0.5) is 5.69 Å². The van der Waals surface area contributed by atoms with Crippen molar-refractivity contribution in [2.75, 3.05) is 11.4 Å². The van der Waals surface area contributed by atoms with Gasteiger partial charge in [0.05, 0.1) is 11.3 Å². The third-order valence-corrected chi connectivity index (χ3v) is 4.12. The second-order valence-electron chi connectivity index (χ2n) is 5.60. The summed E-state index contributed by atoms with van der Waals surface area (Å²) in [6, 6.07) is 18.5. The summed E-state index contributed by atoms with van der Waals surface area (Å²) in [5.41, 5.74) is 2.30. The van der Waals surface area contributed by atoms with Crippen LogP contribution in [0, 0.1) is 11.3 Å². The van der Waals surface area contributed by atoms with Crippen LogP contribution in [0.25, 0.3) is 5.57 Å². The van der Waals surface area contributed by atoms with Gasteiger partial charge in [-0.1, -0.05) is 48.5 Å². The van der Waals surface area contributed by atoms with Crippen LogP contribution >= 0.6 is 0 Å². The Hall–Kier alpha value is -3.39. The normalized spacial score (nSPS) is 14.7. The maximum Gasteiger partial charge on any atom is 0.263 e. The number of fused-ring (bicyclic) bond motifs is 1. The molecule has 0 aromatic heterocycles. The number of para-hydroxylation sites is 1. The molecule has 2 amide bonds. The third kappa shape index (κ3) is 3.02. The van der Waals surface area contributed by atoms with E-state index < -0.39 is 5.91 Å². The number of amides is 2. The average Bonchev–Trinajstić information content (AvgIpc) is 2.93. The minimum Gasteiger partial charge on any atom is -0.347 e. The molecule has 1 aliphatic heterocycles. The first-order chi connectivity index (χ1) is 12.2. The zero-order chi connectivity index (χ0) is 17.8. The van der Waals surface area contributed by atoms with Gasteiger partial charge in [-0.05, 0) is 18.6 Å². The minimum atomic E-state index is -0.539. The third-order valence-electron chi connectivity index (χ3n) is 4.12. The highest BCUT2D eigenvalue weighted by atomic mass is 16.2. The highest BCUT2D eigenvalue weighted by molar-refractivity contribution is 6.37. The van der Waals surface area contributed by atoms with Gasteiger partial charge >= 0.3 is 0 Å². The minimum absolute atomic E-state index is 0.149. The number of hydrogen-bond donors (Lipinski definition) is 1. The molecule has 3 rings (SSSR count). The topological polar surface area (TPSA) is 73.2 Å². The molecule has 1 heterocycles. The Kier molecular flexibility index (Phi) is 4.62. The number of carbonyl (C=O) groups excluding carboxylic acids is 2. The molecule has 0 radical (unpaired) electrons. The van der Waals surface area contributed by atoms with Crippen molar-refractivity contribution in [2.24, 2.45) is 0 Å². The van der Waals surface area contributed by atoms with Gasteiger partial charge in [0.1, 0.15) is 11.6 Å². The Morgan fingerprint density at radius 1 is 1.12 bits per heavy atom. The molecule has 0 spiro atoms. The summed E-state index contributed by atoms with van der Waals surface area (Å²) in [7, 11) is 0. The van der Waals surface area contributed by atoms with Gasteiger partial charge in [0.15, 0.2) is 0 Å². The SMILES string of the molecule is CCN1C(=O)/C(=C(\C#N)C(=O)NCc2ccccc2)c2ccccc21. The molecule has 0 saturated carbocycles. The van der Waals surface area contributed by atoms with Gasteiger partial charge in [0.25, 0.3) is 11.8 Å². The van der Waals surface area contributed by atoms with E-state index >= 15 is 0 Å². The zero-order valence-electron chi connectivity index (χ0n) is 13.8. The molecule has 0 saturated heterocycles. The zero-order valence-corrected chi connectivity index (χ0v) is 13.8. The Bertz CT molecular complexity index is 895. The lowest BCUT2D eigenvalue weighted by molar-refractivity contribution is -0.118. The molecule has 0 atom stereocenters. The average molecular weight is 331 g/mol. The summed E-state index contributed by atoms with van der Waals surface area (Å²) in [5, 5.41) is 12.2. The molecular formula is C20H17N3O2. The first-order valence-electron chi connectivity index (χ1n) is 8.05. The quantitative estimate of drug-likeness (QED) is 0.691. The summed E-state index contributed by atoms with van der Waals surface area (Å²) in [4.78, 5) is 26.8. The Balaban J connectivity index is 1.95. The Morgan fingerprint density at radius 2 is 1.80 bits per heavy atom. The molecule has 2 aromatic carbocycles. The molecule has 0 aliphatic carbocycles. The second-order valence-corrected chi connectivity index (χ2v) is 5.60. The van der Waals surface area contributed by atoms with Crippen molar-refractivity contribution < 1.29 is 9.59 Å². The van der Waals surface area contributed by atoms with E-state index in [1.54, 1.807) is 17.0 Å². The number of carbonyl (C=O) groups is 2. The smallest absolute Gasteiger partial charge is 0.263 e. The molecular weight excluding hydrogens is 314 g/mol. The van der Waals surface area contributed by atoms with E-state index in [0.29, 0.717) is 18.7 Å². The van der Waals surface area contributed by atoms with Crippen molar-refractivity contribution >= 4 is 23.1 Å². The molecule has 5 nitrogen and oxygen atoms in total. The van der Waals surface area contributed by atoms with E-state index in [-0.39, 0.29) is 17.1 Å². The van der Waals surface area contributed by atoms with E-state index in [0.717, 1.165) is 11.3 Å². The van der Waals surface area contributed by atoms with Crippen molar-refractivity contribution in [3.63, 3.8) is 0 Å². The number of nitrogens with one attached hydrogen (secondary N) is 1. The maximum absolute atomic E-state index is 12.7. The van der Waals surface area contributed by atoms with Crippen LogP contribution in [0.5, 0.6) is 0 Å². The van der Waals surface area contributed by atoms with Gasteiger partial charge in [0, 0.05) is 18.7 Å². The molecule has 124 valence electrons. The number of benzene rings is 2. The number of rotatable bonds is 4. The second kappa shape index (κ2) is 7.02. The highest BCUT2D eigenvalue weighted by Gasteiger charge is 2.35.